The van der Waals surface area contributed by atoms with E-state index in [0.29, 0.717) is 11.0 Å². The van der Waals surface area contributed by atoms with Crippen LogP contribution in [0.4, 0.5) is 0 Å². The highest BCUT2D eigenvalue weighted by atomic mass is 35.5. The lowest BCUT2D eigenvalue weighted by atomic mass is 10.3. The highest BCUT2D eigenvalue weighted by molar-refractivity contribution is 7.15. The van der Waals surface area contributed by atoms with Crippen LogP contribution < -0.4 is 5.56 Å². The molecule has 2 aromatic rings. The summed E-state index contributed by atoms with van der Waals surface area (Å²) < 4.78 is 2.16. The van der Waals surface area contributed by atoms with E-state index in [1.807, 2.05) is 6.07 Å². The molecule has 0 aliphatic heterocycles. The smallest absolute Gasteiger partial charge is 0.253 e. The number of rotatable bonds is 2. The summed E-state index contributed by atoms with van der Waals surface area (Å²) in [5.41, 5.74) is 0.773. The number of thiazole rings is 1. The van der Waals surface area contributed by atoms with Gasteiger partial charge in [0.25, 0.3) is 5.56 Å². The van der Waals surface area contributed by atoms with Crippen molar-refractivity contribution in [2.75, 3.05) is 0 Å². The number of aryl methyl sites for hydroxylation is 1. The number of pyridine rings is 1. The lowest BCUT2D eigenvalue weighted by Crippen LogP contribution is -2.21. The summed E-state index contributed by atoms with van der Waals surface area (Å²) in [5.74, 6) is 0. The molecule has 0 radical (unpaired) electrons. The first-order valence-corrected chi connectivity index (χ1v) is 5.62. The van der Waals surface area contributed by atoms with Crippen molar-refractivity contribution >= 4 is 22.9 Å². The Morgan fingerprint density at radius 2 is 2.40 bits per heavy atom. The van der Waals surface area contributed by atoms with Crippen molar-refractivity contribution in [3.05, 3.63) is 49.8 Å². The third kappa shape index (κ3) is 2.27. The Bertz CT molecular complexity index is 532. The van der Waals surface area contributed by atoms with Gasteiger partial charge in [0.05, 0.1) is 6.54 Å². The molecule has 0 bridgehead atoms. The van der Waals surface area contributed by atoms with Crippen LogP contribution in [0.25, 0.3) is 0 Å². The third-order valence-corrected chi connectivity index (χ3v) is 3.16. The van der Waals surface area contributed by atoms with Gasteiger partial charge in [0.2, 0.25) is 0 Å². The van der Waals surface area contributed by atoms with E-state index in [1.54, 1.807) is 30.0 Å². The number of aromatic nitrogens is 2. The summed E-state index contributed by atoms with van der Waals surface area (Å²) >= 11 is 7.11. The summed E-state index contributed by atoms with van der Waals surface area (Å²) in [6, 6.07) is 3.66. The second kappa shape index (κ2) is 4.16. The third-order valence-electron chi connectivity index (χ3n) is 2.06. The van der Waals surface area contributed by atoms with E-state index in [4.69, 9.17) is 11.6 Å². The SMILES string of the molecule is Cc1cccn(Cc2cnc(Cl)s2)c1=O. The summed E-state index contributed by atoms with van der Waals surface area (Å²) in [6.45, 7) is 2.34. The molecule has 15 heavy (non-hydrogen) atoms. The molecule has 0 N–H and O–H groups in total. The molecule has 2 rings (SSSR count). The van der Waals surface area contributed by atoms with Gasteiger partial charge in [0.1, 0.15) is 0 Å². The quantitative estimate of drug-likeness (QED) is 0.808. The summed E-state index contributed by atoms with van der Waals surface area (Å²) in [6.07, 6.45) is 3.46. The van der Waals surface area contributed by atoms with Gasteiger partial charge in [-0.2, -0.15) is 0 Å². The topological polar surface area (TPSA) is 34.9 Å². The van der Waals surface area contributed by atoms with Crippen molar-refractivity contribution in [2.24, 2.45) is 0 Å². The highest BCUT2D eigenvalue weighted by Gasteiger charge is 2.03. The molecule has 2 aromatic heterocycles. The van der Waals surface area contributed by atoms with E-state index in [1.165, 1.54) is 11.3 Å². The average Bonchev–Trinajstić information content (AvgIpc) is 2.59. The van der Waals surface area contributed by atoms with Crippen LogP contribution in [-0.2, 0) is 6.54 Å². The number of halogens is 1. The Morgan fingerprint density at radius 3 is 3.07 bits per heavy atom. The largest absolute Gasteiger partial charge is 0.310 e. The Hall–Kier alpha value is -1.13. The molecule has 0 saturated carbocycles. The van der Waals surface area contributed by atoms with Gasteiger partial charge < -0.3 is 4.57 Å². The van der Waals surface area contributed by atoms with Crippen LogP contribution in [-0.4, -0.2) is 9.55 Å². The second-order valence-electron chi connectivity index (χ2n) is 3.20. The molecule has 2 heterocycles. The summed E-state index contributed by atoms with van der Waals surface area (Å²) in [4.78, 5) is 16.6. The fourth-order valence-electron chi connectivity index (χ4n) is 1.31. The lowest BCUT2D eigenvalue weighted by molar-refractivity contribution is 0.761. The summed E-state index contributed by atoms with van der Waals surface area (Å²) in [5, 5.41) is 0. The molecule has 0 aliphatic rings. The van der Waals surface area contributed by atoms with Gasteiger partial charge in [-0.05, 0) is 13.0 Å². The van der Waals surface area contributed by atoms with Gasteiger partial charge >= 0.3 is 0 Å². The van der Waals surface area contributed by atoms with Crippen molar-refractivity contribution < 1.29 is 0 Å². The molecule has 5 heteroatoms. The summed E-state index contributed by atoms with van der Waals surface area (Å²) in [7, 11) is 0. The molecule has 0 atom stereocenters. The van der Waals surface area contributed by atoms with Crippen molar-refractivity contribution in [1.82, 2.24) is 9.55 Å². The maximum atomic E-state index is 11.7. The van der Waals surface area contributed by atoms with Gasteiger partial charge in [-0.3, -0.25) is 4.79 Å². The lowest BCUT2D eigenvalue weighted by Gasteiger charge is -2.03. The van der Waals surface area contributed by atoms with E-state index in [-0.39, 0.29) is 5.56 Å². The maximum absolute atomic E-state index is 11.7. The van der Waals surface area contributed by atoms with Crippen molar-refractivity contribution in [2.45, 2.75) is 13.5 Å². The fourth-order valence-corrected chi connectivity index (χ4v) is 2.28. The van der Waals surface area contributed by atoms with Crippen LogP contribution >= 0.6 is 22.9 Å². The zero-order valence-electron chi connectivity index (χ0n) is 8.11. The Balaban J connectivity index is 2.32. The number of hydrogen-bond donors (Lipinski definition) is 0. The van der Waals surface area contributed by atoms with E-state index in [9.17, 15) is 4.79 Å². The van der Waals surface area contributed by atoms with E-state index < -0.39 is 0 Å². The Morgan fingerprint density at radius 1 is 1.60 bits per heavy atom. The minimum atomic E-state index is 0.0297. The maximum Gasteiger partial charge on any atom is 0.253 e. The van der Waals surface area contributed by atoms with E-state index in [0.717, 1.165) is 10.4 Å². The monoisotopic (exact) mass is 240 g/mol. The molecular weight excluding hydrogens is 232 g/mol. The van der Waals surface area contributed by atoms with Crippen LogP contribution in [0.1, 0.15) is 10.4 Å². The zero-order chi connectivity index (χ0) is 10.8. The molecule has 0 saturated heterocycles. The number of nitrogens with zero attached hydrogens (tertiary/aromatic N) is 2. The first-order chi connectivity index (χ1) is 7.16. The molecule has 0 amide bonds. The van der Waals surface area contributed by atoms with Crippen LogP contribution in [0.5, 0.6) is 0 Å². The molecule has 78 valence electrons. The zero-order valence-corrected chi connectivity index (χ0v) is 9.68. The van der Waals surface area contributed by atoms with Crippen LogP contribution in [0.3, 0.4) is 0 Å². The van der Waals surface area contributed by atoms with Gasteiger partial charge in [0, 0.05) is 22.8 Å². The minimum Gasteiger partial charge on any atom is -0.310 e. The highest BCUT2D eigenvalue weighted by Crippen LogP contribution is 2.18. The Labute approximate surface area is 96.0 Å². The van der Waals surface area contributed by atoms with Gasteiger partial charge in [0.15, 0.2) is 4.47 Å². The second-order valence-corrected chi connectivity index (χ2v) is 4.90. The van der Waals surface area contributed by atoms with Gasteiger partial charge in [-0.1, -0.05) is 17.7 Å². The molecule has 0 aromatic carbocycles. The fraction of sp³-hybridized carbons (Fsp3) is 0.200. The van der Waals surface area contributed by atoms with Crippen LogP contribution in [0.15, 0.2) is 29.3 Å². The van der Waals surface area contributed by atoms with E-state index >= 15 is 0 Å². The first-order valence-electron chi connectivity index (χ1n) is 4.43. The molecular formula is C10H9ClN2OS. The van der Waals surface area contributed by atoms with Crippen LogP contribution in [0.2, 0.25) is 4.47 Å². The molecule has 0 spiro atoms. The van der Waals surface area contributed by atoms with E-state index in [2.05, 4.69) is 4.98 Å². The number of hydrogen-bond acceptors (Lipinski definition) is 3. The molecule has 0 unspecified atom stereocenters. The predicted molar refractivity (Wildman–Crippen MR) is 61.7 cm³/mol. The van der Waals surface area contributed by atoms with Crippen LogP contribution in [0, 0.1) is 6.92 Å². The van der Waals surface area contributed by atoms with Crippen molar-refractivity contribution in [3.63, 3.8) is 0 Å². The van der Waals surface area contributed by atoms with Crippen molar-refractivity contribution in [1.29, 1.82) is 0 Å². The average molecular weight is 241 g/mol. The normalized spacial score (nSPS) is 10.5. The standard InChI is InChI=1S/C10H9ClN2OS/c1-7-3-2-4-13(9(7)14)6-8-5-12-10(11)15-8/h2-5H,6H2,1H3. The molecule has 3 nitrogen and oxygen atoms in total. The Kier molecular flexibility index (Phi) is 2.88. The molecule has 0 aliphatic carbocycles. The van der Waals surface area contributed by atoms with Gasteiger partial charge in [-0.25, -0.2) is 4.98 Å². The van der Waals surface area contributed by atoms with Gasteiger partial charge in [-0.15, -0.1) is 11.3 Å². The molecule has 0 fully saturated rings. The predicted octanol–water partition coefficient (Wildman–Crippen LogP) is 2.31. The first kappa shape index (κ1) is 10.4. The van der Waals surface area contributed by atoms with Crippen molar-refractivity contribution in [3.8, 4) is 0 Å². The minimum absolute atomic E-state index is 0.0297.